The number of hydrogen-bond donors (Lipinski definition) is 1. The molecule has 3 amide bonds. The average molecular weight is 516 g/mol. The van der Waals surface area contributed by atoms with Crippen molar-refractivity contribution in [1.82, 2.24) is 15.1 Å². The van der Waals surface area contributed by atoms with Crippen molar-refractivity contribution >= 4 is 38.9 Å². The van der Waals surface area contributed by atoms with Gasteiger partial charge >= 0.3 is 0 Å². The molecule has 0 unspecified atom stereocenters. The molecule has 35 heavy (non-hydrogen) atoms. The maximum absolute atomic E-state index is 13.4. The standard InChI is InChI=1S/C24H22FN3O5S2/c25-18-10-8-17(9-11-18)21(29)26-22(35(32,33)19-5-2-1-3-6-19)24(31)28-14-12-27(13-15-28)23(30)20-7-4-16-34-20/h1-11,16,22H,12-15H2,(H,26,29)/t22-/m0/s1. The zero-order chi connectivity index (χ0) is 25.0. The van der Waals surface area contributed by atoms with Crippen LogP contribution >= 0.6 is 11.3 Å². The van der Waals surface area contributed by atoms with Crippen LogP contribution < -0.4 is 5.32 Å². The van der Waals surface area contributed by atoms with E-state index in [1.54, 1.807) is 28.5 Å². The molecule has 0 radical (unpaired) electrons. The fourth-order valence-electron chi connectivity index (χ4n) is 3.67. The smallest absolute Gasteiger partial charge is 0.264 e. The number of piperazine rings is 1. The van der Waals surface area contributed by atoms with Crippen LogP contribution in [0.3, 0.4) is 0 Å². The first kappa shape index (κ1) is 24.6. The van der Waals surface area contributed by atoms with E-state index in [0.29, 0.717) is 4.88 Å². The van der Waals surface area contributed by atoms with E-state index in [0.717, 1.165) is 12.1 Å². The minimum absolute atomic E-state index is 0.0128. The highest BCUT2D eigenvalue weighted by Crippen LogP contribution is 2.19. The highest BCUT2D eigenvalue weighted by Gasteiger charge is 2.39. The number of halogens is 1. The van der Waals surface area contributed by atoms with Gasteiger partial charge in [0.05, 0.1) is 9.77 Å². The summed E-state index contributed by atoms with van der Waals surface area (Å²) in [5, 5.41) is 2.24. The van der Waals surface area contributed by atoms with E-state index >= 15 is 0 Å². The average Bonchev–Trinajstić information content (AvgIpc) is 3.42. The molecular weight excluding hydrogens is 493 g/mol. The molecule has 11 heteroatoms. The van der Waals surface area contributed by atoms with Crippen molar-refractivity contribution in [2.24, 2.45) is 0 Å². The van der Waals surface area contributed by atoms with Gasteiger partial charge in [0.15, 0.2) is 0 Å². The molecule has 2 aromatic carbocycles. The van der Waals surface area contributed by atoms with Crippen molar-refractivity contribution in [3.8, 4) is 0 Å². The minimum atomic E-state index is -4.30. The molecule has 0 saturated carbocycles. The molecule has 1 aromatic heterocycles. The zero-order valence-electron chi connectivity index (χ0n) is 18.5. The van der Waals surface area contributed by atoms with Crippen LogP contribution in [0.5, 0.6) is 0 Å². The largest absolute Gasteiger partial charge is 0.336 e. The summed E-state index contributed by atoms with van der Waals surface area (Å²) in [5.41, 5.74) is 0.0128. The Hall–Kier alpha value is -3.57. The third-order valence-electron chi connectivity index (χ3n) is 5.59. The van der Waals surface area contributed by atoms with E-state index in [9.17, 15) is 27.2 Å². The van der Waals surface area contributed by atoms with Crippen LogP contribution in [-0.2, 0) is 14.6 Å². The number of nitrogens with one attached hydrogen (secondary N) is 1. The van der Waals surface area contributed by atoms with Gasteiger partial charge in [0, 0.05) is 31.7 Å². The van der Waals surface area contributed by atoms with Crippen LogP contribution in [0.25, 0.3) is 0 Å². The number of amides is 3. The number of sulfone groups is 1. The molecule has 0 bridgehead atoms. The van der Waals surface area contributed by atoms with Crippen LogP contribution in [0.2, 0.25) is 0 Å². The molecule has 2 heterocycles. The lowest BCUT2D eigenvalue weighted by molar-refractivity contribution is -0.132. The van der Waals surface area contributed by atoms with Gasteiger partial charge in [0.25, 0.3) is 17.7 Å². The topological polar surface area (TPSA) is 104 Å². The van der Waals surface area contributed by atoms with Crippen molar-refractivity contribution in [3.63, 3.8) is 0 Å². The molecule has 1 N–H and O–H groups in total. The Balaban J connectivity index is 1.55. The molecule has 182 valence electrons. The van der Waals surface area contributed by atoms with Crippen molar-refractivity contribution in [1.29, 1.82) is 0 Å². The van der Waals surface area contributed by atoms with Crippen molar-refractivity contribution < 1.29 is 27.2 Å². The fraction of sp³-hybridized carbons (Fsp3) is 0.208. The van der Waals surface area contributed by atoms with E-state index in [-0.39, 0.29) is 42.5 Å². The number of benzene rings is 2. The van der Waals surface area contributed by atoms with Gasteiger partial charge in [0.2, 0.25) is 15.2 Å². The molecule has 1 saturated heterocycles. The highest BCUT2D eigenvalue weighted by molar-refractivity contribution is 7.92. The molecule has 0 spiro atoms. The third-order valence-corrected chi connectivity index (χ3v) is 8.31. The van der Waals surface area contributed by atoms with Crippen LogP contribution in [-0.4, -0.2) is 67.5 Å². The number of carbonyl (C=O) groups is 3. The molecule has 3 aromatic rings. The molecule has 1 aliphatic rings. The van der Waals surface area contributed by atoms with E-state index in [2.05, 4.69) is 5.32 Å². The predicted octanol–water partition coefficient (Wildman–Crippen LogP) is 2.40. The van der Waals surface area contributed by atoms with E-state index in [1.165, 1.54) is 52.6 Å². The second-order valence-electron chi connectivity index (χ2n) is 7.81. The van der Waals surface area contributed by atoms with Gasteiger partial charge in [-0.25, -0.2) is 12.8 Å². The van der Waals surface area contributed by atoms with Gasteiger partial charge < -0.3 is 15.1 Å². The summed E-state index contributed by atoms with van der Waals surface area (Å²) in [6, 6.07) is 15.4. The van der Waals surface area contributed by atoms with Gasteiger partial charge in [-0.3, -0.25) is 14.4 Å². The Labute approximate surface area is 205 Å². The Morgan fingerprint density at radius 1 is 0.857 bits per heavy atom. The zero-order valence-corrected chi connectivity index (χ0v) is 20.1. The first-order chi connectivity index (χ1) is 16.8. The summed E-state index contributed by atoms with van der Waals surface area (Å²) < 4.78 is 40.0. The van der Waals surface area contributed by atoms with Gasteiger partial charge in [-0.2, -0.15) is 0 Å². The lowest BCUT2D eigenvalue weighted by Gasteiger charge is -2.36. The van der Waals surface area contributed by atoms with Gasteiger partial charge in [-0.05, 0) is 47.8 Å². The summed E-state index contributed by atoms with van der Waals surface area (Å²) in [5.74, 6) is -2.33. The van der Waals surface area contributed by atoms with Gasteiger partial charge in [-0.15, -0.1) is 11.3 Å². The molecule has 8 nitrogen and oxygen atoms in total. The monoisotopic (exact) mass is 515 g/mol. The second kappa shape index (κ2) is 10.4. The number of hydrogen-bond acceptors (Lipinski definition) is 6. The van der Waals surface area contributed by atoms with Crippen molar-refractivity contribution in [2.45, 2.75) is 10.3 Å². The SMILES string of the molecule is O=C(N[C@H](C(=O)N1CCN(C(=O)c2cccs2)CC1)S(=O)(=O)c1ccccc1)c1ccc(F)cc1. The molecule has 0 aliphatic carbocycles. The Morgan fingerprint density at radius 2 is 1.49 bits per heavy atom. The first-order valence-corrected chi connectivity index (χ1v) is 13.2. The van der Waals surface area contributed by atoms with Crippen LogP contribution in [0.4, 0.5) is 4.39 Å². The quantitative estimate of drug-likeness (QED) is 0.543. The summed E-state index contributed by atoms with van der Waals surface area (Å²) in [6.45, 7) is 0.686. The molecule has 4 rings (SSSR count). The molecule has 1 fully saturated rings. The number of carbonyl (C=O) groups excluding carboxylic acids is 3. The maximum Gasteiger partial charge on any atom is 0.264 e. The molecule has 1 atom stereocenters. The van der Waals surface area contributed by atoms with E-state index in [4.69, 9.17) is 0 Å². The Bertz CT molecular complexity index is 1300. The lowest BCUT2D eigenvalue weighted by atomic mass is 10.2. The minimum Gasteiger partial charge on any atom is -0.336 e. The van der Waals surface area contributed by atoms with Crippen molar-refractivity contribution in [2.75, 3.05) is 26.2 Å². The Kier molecular flexibility index (Phi) is 7.27. The number of rotatable bonds is 6. The summed E-state index contributed by atoms with van der Waals surface area (Å²) in [7, 11) is -4.30. The number of thiophene rings is 1. The second-order valence-corrected chi connectivity index (χ2v) is 10.8. The lowest BCUT2D eigenvalue weighted by Crippen LogP contribution is -2.57. The Morgan fingerprint density at radius 3 is 2.09 bits per heavy atom. The van der Waals surface area contributed by atoms with E-state index < -0.39 is 32.8 Å². The highest BCUT2D eigenvalue weighted by atomic mass is 32.2. The summed E-state index contributed by atoms with van der Waals surface area (Å²) in [6.07, 6.45) is 0. The van der Waals surface area contributed by atoms with Crippen molar-refractivity contribution in [3.05, 3.63) is 88.4 Å². The van der Waals surface area contributed by atoms with Gasteiger partial charge in [-0.1, -0.05) is 24.3 Å². The first-order valence-electron chi connectivity index (χ1n) is 10.7. The molecule has 1 aliphatic heterocycles. The molecular formula is C24H22FN3O5S2. The maximum atomic E-state index is 13.4. The van der Waals surface area contributed by atoms with Crippen LogP contribution in [0.15, 0.2) is 77.0 Å². The van der Waals surface area contributed by atoms with Gasteiger partial charge in [0.1, 0.15) is 5.82 Å². The fourth-order valence-corrected chi connectivity index (χ4v) is 5.85. The van der Waals surface area contributed by atoms with Crippen LogP contribution in [0, 0.1) is 5.82 Å². The third kappa shape index (κ3) is 5.41. The summed E-state index contributed by atoms with van der Waals surface area (Å²) >= 11 is 1.32. The predicted molar refractivity (Wildman–Crippen MR) is 128 cm³/mol. The number of nitrogens with zero attached hydrogens (tertiary/aromatic N) is 2. The van der Waals surface area contributed by atoms with E-state index in [1.807, 2.05) is 0 Å². The summed E-state index contributed by atoms with van der Waals surface area (Å²) in [4.78, 5) is 42.2. The normalized spacial score (nSPS) is 14.9. The van der Waals surface area contributed by atoms with Crippen LogP contribution in [0.1, 0.15) is 20.0 Å².